The van der Waals surface area contributed by atoms with E-state index in [1.165, 1.54) is 14.2 Å². The molecule has 0 bridgehead atoms. The lowest BCUT2D eigenvalue weighted by atomic mass is 10.0. The fourth-order valence-electron chi connectivity index (χ4n) is 2.18. The molecule has 0 unspecified atom stereocenters. The molecule has 1 aliphatic heterocycles. The van der Waals surface area contributed by atoms with Gasteiger partial charge in [-0.3, -0.25) is 0 Å². The van der Waals surface area contributed by atoms with Crippen LogP contribution in [-0.2, 0) is 15.3 Å². The molecule has 0 N–H and O–H groups in total. The zero-order valence-corrected chi connectivity index (χ0v) is 12.2. The van der Waals surface area contributed by atoms with E-state index in [0.717, 1.165) is 0 Å². The van der Waals surface area contributed by atoms with Gasteiger partial charge >= 0.3 is 0 Å². The normalized spacial score (nSPS) is 17.3. The van der Waals surface area contributed by atoms with E-state index in [1.54, 1.807) is 13.2 Å². The number of hydrogen-bond donors (Lipinski definition) is 0. The molecule has 1 heterocycles. The second-order valence-corrected chi connectivity index (χ2v) is 4.56. The number of methoxy groups -OCH3 is 3. The highest BCUT2D eigenvalue weighted by Gasteiger charge is 2.38. The summed E-state index contributed by atoms with van der Waals surface area (Å²) in [5.74, 6) is 0.446. The molecule has 0 amide bonds. The Balaban J connectivity index is 2.64. The number of benzene rings is 1. The summed E-state index contributed by atoms with van der Waals surface area (Å²) >= 11 is 6.21. The van der Waals surface area contributed by atoms with E-state index in [2.05, 4.69) is 0 Å². The second kappa shape index (κ2) is 5.45. The van der Waals surface area contributed by atoms with Crippen molar-refractivity contribution in [2.45, 2.75) is 12.7 Å². The van der Waals surface area contributed by atoms with Crippen LogP contribution in [0.2, 0.25) is 5.02 Å². The molecule has 1 aromatic carbocycles. The van der Waals surface area contributed by atoms with Crippen molar-refractivity contribution in [2.24, 2.45) is 0 Å². The predicted octanol–water partition coefficient (Wildman–Crippen LogP) is 2.59. The fourth-order valence-corrected chi connectivity index (χ4v) is 2.45. The minimum atomic E-state index is -0.894. The highest BCUT2D eigenvalue weighted by Crippen LogP contribution is 2.49. The molecule has 1 aromatic rings. The Hall–Kier alpha value is -1.17. The highest BCUT2D eigenvalue weighted by atomic mass is 35.5. The summed E-state index contributed by atoms with van der Waals surface area (Å²) in [5.41, 5.74) is 0.676. The zero-order chi connectivity index (χ0) is 14.0. The van der Waals surface area contributed by atoms with Gasteiger partial charge in [0, 0.05) is 0 Å². The summed E-state index contributed by atoms with van der Waals surface area (Å²) in [5, 5.41) is 0.412. The van der Waals surface area contributed by atoms with Crippen LogP contribution in [-0.4, -0.2) is 34.5 Å². The average molecular weight is 289 g/mol. The maximum absolute atomic E-state index is 6.21. The second-order valence-electron chi connectivity index (χ2n) is 4.15. The van der Waals surface area contributed by atoms with Crippen molar-refractivity contribution < 1.29 is 23.7 Å². The maximum Gasteiger partial charge on any atom is 0.205 e. The van der Waals surface area contributed by atoms with Gasteiger partial charge in [0.15, 0.2) is 17.3 Å². The van der Waals surface area contributed by atoms with E-state index in [0.29, 0.717) is 41.0 Å². The van der Waals surface area contributed by atoms with Gasteiger partial charge in [0.25, 0.3) is 0 Å². The lowest BCUT2D eigenvalue weighted by molar-refractivity contribution is -0.150. The van der Waals surface area contributed by atoms with Crippen molar-refractivity contribution in [3.63, 3.8) is 0 Å². The Morgan fingerprint density at radius 2 is 1.53 bits per heavy atom. The first-order valence-corrected chi connectivity index (χ1v) is 6.22. The number of ether oxygens (including phenoxy) is 5. The van der Waals surface area contributed by atoms with Gasteiger partial charge in [-0.15, -0.1) is 0 Å². The summed E-state index contributed by atoms with van der Waals surface area (Å²) in [6, 6.07) is 1.72. The summed E-state index contributed by atoms with van der Waals surface area (Å²) in [4.78, 5) is 0. The third-order valence-electron chi connectivity index (χ3n) is 3.09. The molecule has 0 spiro atoms. The molecule has 0 aliphatic carbocycles. The standard InChI is InChI=1S/C13H17ClO5/c1-13(18-5-6-19-13)8-7-9(14)11(16-3)12(17-4)10(8)15-2/h7H,5-6H2,1-4H3. The molecular formula is C13H17ClO5. The van der Waals surface area contributed by atoms with Gasteiger partial charge in [0.1, 0.15) is 0 Å². The van der Waals surface area contributed by atoms with Crippen LogP contribution in [0.3, 0.4) is 0 Å². The van der Waals surface area contributed by atoms with E-state index in [1.807, 2.05) is 6.92 Å². The van der Waals surface area contributed by atoms with Gasteiger partial charge in [0.2, 0.25) is 5.75 Å². The van der Waals surface area contributed by atoms with Crippen LogP contribution in [0.15, 0.2) is 6.07 Å². The third kappa shape index (κ3) is 2.33. The molecule has 2 rings (SSSR count). The van der Waals surface area contributed by atoms with Crippen molar-refractivity contribution in [3.8, 4) is 17.2 Å². The summed E-state index contributed by atoms with van der Waals surface area (Å²) in [6.45, 7) is 2.86. The number of hydrogen-bond acceptors (Lipinski definition) is 5. The van der Waals surface area contributed by atoms with Crippen LogP contribution in [0.1, 0.15) is 12.5 Å². The first-order valence-electron chi connectivity index (χ1n) is 5.84. The first kappa shape index (κ1) is 14.2. The number of halogens is 1. The maximum atomic E-state index is 6.21. The predicted molar refractivity (Wildman–Crippen MR) is 70.4 cm³/mol. The highest BCUT2D eigenvalue weighted by molar-refractivity contribution is 6.32. The van der Waals surface area contributed by atoms with E-state index < -0.39 is 5.79 Å². The van der Waals surface area contributed by atoms with E-state index >= 15 is 0 Å². The molecule has 0 atom stereocenters. The Labute approximate surface area is 117 Å². The van der Waals surface area contributed by atoms with Gasteiger partial charge in [-0.2, -0.15) is 0 Å². The zero-order valence-electron chi connectivity index (χ0n) is 11.4. The Morgan fingerprint density at radius 1 is 1.00 bits per heavy atom. The van der Waals surface area contributed by atoms with Gasteiger partial charge < -0.3 is 23.7 Å². The molecular weight excluding hydrogens is 272 g/mol. The molecule has 0 saturated carbocycles. The van der Waals surface area contributed by atoms with Crippen LogP contribution in [0, 0.1) is 0 Å². The summed E-state index contributed by atoms with van der Waals surface area (Å²) in [7, 11) is 4.60. The van der Waals surface area contributed by atoms with Crippen molar-refractivity contribution in [1.82, 2.24) is 0 Å². The lowest BCUT2D eigenvalue weighted by Crippen LogP contribution is -2.23. The average Bonchev–Trinajstić information content (AvgIpc) is 2.85. The number of rotatable bonds is 4. The van der Waals surface area contributed by atoms with E-state index in [-0.39, 0.29) is 0 Å². The molecule has 0 aromatic heterocycles. The van der Waals surface area contributed by atoms with E-state index in [9.17, 15) is 0 Å². The van der Waals surface area contributed by atoms with Crippen LogP contribution in [0.25, 0.3) is 0 Å². The minimum Gasteiger partial charge on any atom is -0.492 e. The molecule has 5 nitrogen and oxygen atoms in total. The first-order chi connectivity index (χ1) is 9.07. The molecule has 0 radical (unpaired) electrons. The lowest BCUT2D eigenvalue weighted by Gasteiger charge is -2.26. The van der Waals surface area contributed by atoms with Gasteiger partial charge in [-0.1, -0.05) is 11.6 Å². The third-order valence-corrected chi connectivity index (χ3v) is 3.37. The SMILES string of the molecule is COc1c(Cl)cc(C2(C)OCCO2)c(OC)c1OC. The van der Waals surface area contributed by atoms with Crippen LogP contribution in [0.4, 0.5) is 0 Å². The molecule has 6 heteroatoms. The Kier molecular flexibility index (Phi) is 4.08. The van der Waals surface area contributed by atoms with Crippen molar-refractivity contribution in [3.05, 3.63) is 16.7 Å². The molecule has 1 saturated heterocycles. The fraction of sp³-hybridized carbons (Fsp3) is 0.538. The summed E-state index contributed by atoms with van der Waals surface area (Å²) < 4.78 is 27.3. The molecule has 1 aliphatic rings. The van der Waals surface area contributed by atoms with Crippen molar-refractivity contribution >= 4 is 11.6 Å². The van der Waals surface area contributed by atoms with Crippen molar-refractivity contribution in [1.29, 1.82) is 0 Å². The largest absolute Gasteiger partial charge is 0.492 e. The minimum absolute atomic E-state index is 0.412. The monoisotopic (exact) mass is 288 g/mol. The smallest absolute Gasteiger partial charge is 0.205 e. The van der Waals surface area contributed by atoms with Gasteiger partial charge in [-0.05, 0) is 13.0 Å². The molecule has 19 heavy (non-hydrogen) atoms. The van der Waals surface area contributed by atoms with Crippen LogP contribution in [0.5, 0.6) is 17.2 Å². The van der Waals surface area contributed by atoms with E-state index in [4.69, 9.17) is 35.3 Å². The van der Waals surface area contributed by atoms with Crippen LogP contribution < -0.4 is 14.2 Å². The quantitative estimate of drug-likeness (QED) is 0.852. The molecule has 1 fully saturated rings. The van der Waals surface area contributed by atoms with Crippen LogP contribution >= 0.6 is 11.6 Å². The Morgan fingerprint density at radius 3 is 2.00 bits per heavy atom. The van der Waals surface area contributed by atoms with Gasteiger partial charge in [0.05, 0.1) is 45.1 Å². The summed E-state index contributed by atoms with van der Waals surface area (Å²) in [6.07, 6.45) is 0. The molecule has 106 valence electrons. The Bertz CT molecular complexity index is 469. The van der Waals surface area contributed by atoms with Gasteiger partial charge in [-0.25, -0.2) is 0 Å². The van der Waals surface area contributed by atoms with Crippen molar-refractivity contribution in [2.75, 3.05) is 34.5 Å². The topological polar surface area (TPSA) is 46.2 Å².